The highest BCUT2D eigenvalue weighted by atomic mass is 16.3. The molecule has 0 amide bonds. The minimum atomic E-state index is -0.0132. The van der Waals surface area contributed by atoms with Crippen LogP contribution in [0.4, 0.5) is 11.4 Å². The van der Waals surface area contributed by atoms with Crippen molar-refractivity contribution in [2.45, 2.75) is 19.4 Å². The smallest absolute Gasteiger partial charge is 0.0853 e. The zero-order chi connectivity index (χ0) is 15.2. The van der Waals surface area contributed by atoms with Crippen molar-refractivity contribution in [1.82, 2.24) is 4.98 Å². The van der Waals surface area contributed by atoms with Crippen LogP contribution in [-0.4, -0.2) is 29.7 Å². The van der Waals surface area contributed by atoms with Gasteiger partial charge in [0.1, 0.15) is 0 Å². The molecule has 0 spiro atoms. The number of hydrogen-bond donors (Lipinski definition) is 2. The maximum Gasteiger partial charge on any atom is 0.0853 e. The van der Waals surface area contributed by atoms with Crippen LogP contribution in [0.15, 0.2) is 48.7 Å². The lowest BCUT2D eigenvalue weighted by molar-refractivity contribution is 0.277. The Morgan fingerprint density at radius 1 is 1.23 bits per heavy atom. The molecule has 0 bridgehead atoms. The van der Waals surface area contributed by atoms with E-state index in [4.69, 9.17) is 5.11 Å². The van der Waals surface area contributed by atoms with E-state index in [9.17, 15) is 0 Å². The van der Waals surface area contributed by atoms with E-state index in [2.05, 4.69) is 45.5 Å². The van der Waals surface area contributed by atoms with E-state index in [0.717, 1.165) is 25.3 Å². The number of pyridine rings is 1. The molecule has 1 unspecified atom stereocenters. The molecule has 1 aromatic carbocycles. The number of nitrogens with zero attached hydrogens (tertiary/aromatic N) is 2. The maximum atomic E-state index is 9.14. The van der Waals surface area contributed by atoms with Crippen molar-refractivity contribution in [2.24, 2.45) is 5.92 Å². The maximum absolute atomic E-state index is 9.14. The number of aliphatic hydroxyl groups is 1. The summed E-state index contributed by atoms with van der Waals surface area (Å²) in [7, 11) is 0. The number of piperidine rings is 1. The molecule has 2 heterocycles. The summed E-state index contributed by atoms with van der Waals surface area (Å²) in [4.78, 5) is 6.58. The Labute approximate surface area is 131 Å². The fourth-order valence-electron chi connectivity index (χ4n) is 3.04. The fraction of sp³-hybridized carbons (Fsp3) is 0.389. The first-order chi connectivity index (χ1) is 10.8. The Balaban J connectivity index is 1.56. The van der Waals surface area contributed by atoms with Gasteiger partial charge < -0.3 is 15.3 Å². The summed E-state index contributed by atoms with van der Waals surface area (Å²) in [5.41, 5.74) is 3.06. The third kappa shape index (κ3) is 3.77. The standard InChI is InChI=1S/C18H23N3O/c22-14-17-11-16(8-9-19-17)20-12-15-5-4-10-21(13-15)18-6-2-1-3-7-18/h1-3,6-9,11,15,22H,4-5,10,12-14H2,(H,19,20). The van der Waals surface area contributed by atoms with Gasteiger partial charge in [0.05, 0.1) is 12.3 Å². The Hall–Kier alpha value is -2.07. The second kappa shape index (κ2) is 7.27. The molecule has 2 aromatic rings. The van der Waals surface area contributed by atoms with E-state index in [1.165, 1.54) is 18.5 Å². The molecule has 3 rings (SSSR count). The van der Waals surface area contributed by atoms with Gasteiger partial charge in [0.2, 0.25) is 0 Å². The van der Waals surface area contributed by atoms with Gasteiger partial charge in [-0.25, -0.2) is 0 Å². The van der Waals surface area contributed by atoms with E-state index in [0.29, 0.717) is 11.6 Å². The van der Waals surface area contributed by atoms with Crippen LogP contribution in [0.3, 0.4) is 0 Å². The number of aliphatic hydroxyl groups excluding tert-OH is 1. The van der Waals surface area contributed by atoms with Gasteiger partial charge in [0.25, 0.3) is 0 Å². The summed E-state index contributed by atoms with van der Waals surface area (Å²) in [5, 5.41) is 12.6. The lowest BCUT2D eigenvalue weighted by Gasteiger charge is -2.34. The van der Waals surface area contributed by atoms with E-state index in [1.54, 1.807) is 6.20 Å². The lowest BCUT2D eigenvalue weighted by atomic mass is 9.97. The van der Waals surface area contributed by atoms with Crippen LogP contribution in [0.25, 0.3) is 0 Å². The van der Waals surface area contributed by atoms with Crippen molar-refractivity contribution in [3.05, 3.63) is 54.4 Å². The lowest BCUT2D eigenvalue weighted by Crippen LogP contribution is -2.38. The van der Waals surface area contributed by atoms with Crippen molar-refractivity contribution >= 4 is 11.4 Å². The number of rotatable bonds is 5. The normalized spacial score (nSPS) is 18.2. The molecule has 1 atom stereocenters. The fourth-order valence-corrected chi connectivity index (χ4v) is 3.04. The first-order valence-electron chi connectivity index (χ1n) is 7.95. The molecule has 1 saturated heterocycles. The van der Waals surface area contributed by atoms with Crippen LogP contribution < -0.4 is 10.2 Å². The largest absolute Gasteiger partial charge is 0.390 e. The van der Waals surface area contributed by atoms with E-state index in [-0.39, 0.29) is 6.61 Å². The average molecular weight is 297 g/mol. The first-order valence-corrected chi connectivity index (χ1v) is 7.95. The van der Waals surface area contributed by atoms with Crippen LogP contribution in [0.2, 0.25) is 0 Å². The van der Waals surface area contributed by atoms with Gasteiger partial charge in [-0.05, 0) is 43.0 Å². The van der Waals surface area contributed by atoms with Gasteiger partial charge in [-0.1, -0.05) is 18.2 Å². The van der Waals surface area contributed by atoms with Crippen LogP contribution >= 0.6 is 0 Å². The molecule has 4 nitrogen and oxygen atoms in total. The van der Waals surface area contributed by atoms with E-state index >= 15 is 0 Å². The summed E-state index contributed by atoms with van der Waals surface area (Å²) in [5.74, 6) is 0.639. The minimum Gasteiger partial charge on any atom is -0.390 e. The van der Waals surface area contributed by atoms with Crippen LogP contribution in [0.1, 0.15) is 18.5 Å². The topological polar surface area (TPSA) is 48.4 Å². The van der Waals surface area contributed by atoms with Gasteiger partial charge >= 0.3 is 0 Å². The number of aromatic nitrogens is 1. The number of para-hydroxylation sites is 1. The molecule has 1 aliphatic rings. The summed E-state index contributed by atoms with van der Waals surface area (Å²) >= 11 is 0. The highest BCUT2D eigenvalue weighted by molar-refractivity contribution is 5.47. The highest BCUT2D eigenvalue weighted by Crippen LogP contribution is 2.23. The van der Waals surface area contributed by atoms with Crippen LogP contribution in [0, 0.1) is 5.92 Å². The van der Waals surface area contributed by atoms with Gasteiger partial charge in [0.15, 0.2) is 0 Å². The van der Waals surface area contributed by atoms with Gasteiger partial charge in [-0.15, -0.1) is 0 Å². The Bertz CT molecular complexity index is 588. The monoisotopic (exact) mass is 297 g/mol. The quantitative estimate of drug-likeness (QED) is 0.891. The molecule has 2 N–H and O–H groups in total. The second-order valence-electron chi connectivity index (χ2n) is 5.86. The van der Waals surface area contributed by atoms with Crippen molar-refractivity contribution in [3.63, 3.8) is 0 Å². The third-order valence-electron chi connectivity index (χ3n) is 4.21. The highest BCUT2D eigenvalue weighted by Gasteiger charge is 2.19. The molecule has 0 radical (unpaired) electrons. The van der Waals surface area contributed by atoms with Gasteiger partial charge in [0, 0.05) is 37.2 Å². The molecule has 1 aliphatic heterocycles. The van der Waals surface area contributed by atoms with Gasteiger partial charge in [-0.3, -0.25) is 4.98 Å². The molecule has 0 saturated carbocycles. The van der Waals surface area contributed by atoms with Crippen LogP contribution in [-0.2, 0) is 6.61 Å². The molecular formula is C18H23N3O. The molecule has 116 valence electrons. The molecule has 1 aromatic heterocycles. The second-order valence-corrected chi connectivity index (χ2v) is 5.86. The number of nitrogens with one attached hydrogen (secondary N) is 1. The van der Waals surface area contributed by atoms with Crippen molar-refractivity contribution in [3.8, 4) is 0 Å². The third-order valence-corrected chi connectivity index (χ3v) is 4.21. The minimum absolute atomic E-state index is 0.0132. The van der Waals surface area contributed by atoms with Crippen molar-refractivity contribution < 1.29 is 5.11 Å². The zero-order valence-electron chi connectivity index (χ0n) is 12.8. The van der Waals surface area contributed by atoms with E-state index < -0.39 is 0 Å². The Morgan fingerprint density at radius 2 is 2.09 bits per heavy atom. The summed E-state index contributed by atoms with van der Waals surface area (Å²) in [6, 6.07) is 14.5. The summed E-state index contributed by atoms with van der Waals surface area (Å²) < 4.78 is 0. The van der Waals surface area contributed by atoms with Crippen molar-refractivity contribution in [2.75, 3.05) is 29.9 Å². The predicted octanol–water partition coefficient (Wildman–Crippen LogP) is 2.90. The van der Waals surface area contributed by atoms with Gasteiger partial charge in [-0.2, -0.15) is 0 Å². The summed E-state index contributed by atoms with van der Waals surface area (Å²) in [6.45, 7) is 3.18. The molecule has 0 aliphatic carbocycles. The zero-order valence-corrected chi connectivity index (χ0v) is 12.8. The van der Waals surface area contributed by atoms with Crippen LogP contribution in [0.5, 0.6) is 0 Å². The number of benzene rings is 1. The average Bonchev–Trinajstić information content (AvgIpc) is 2.61. The molecule has 22 heavy (non-hydrogen) atoms. The predicted molar refractivity (Wildman–Crippen MR) is 90.0 cm³/mol. The Morgan fingerprint density at radius 3 is 2.91 bits per heavy atom. The molecular weight excluding hydrogens is 274 g/mol. The number of anilines is 2. The molecule has 4 heteroatoms. The van der Waals surface area contributed by atoms with Crippen molar-refractivity contribution in [1.29, 1.82) is 0 Å². The Kier molecular flexibility index (Phi) is 4.91. The summed E-state index contributed by atoms with van der Waals surface area (Å²) in [6.07, 6.45) is 4.23. The molecule has 1 fully saturated rings. The first kappa shape index (κ1) is 14.9. The number of hydrogen-bond acceptors (Lipinski definition) is 4. The SMILES string of the molecule is OCc1cc(NCC2CCCN(c3ccccc3)C2)ccn1. The van der Waals surface area contributed by atoms with E-state index in [1.807, 2.05) is 12.1 Å².